The third-order valence-electron chi connectivity index (χ3n) is 2.71. The van der Waals surface area contributed by atoms with Gasteiger partial charge in [-0.3, -0.25) is 0 Å². The Morgan fingerprint density at radius 2 is 1.94 bits per heavy atom. The van der Waals surface area contributed by atoms with Crippen molar-refractivity contribution < 1.29 is 4.74 Å². The molecule has 2 nitrogen and oxygen atoms in total. The normalized spacial score (nSPS) is 10.3. The zero-order valence-corrected chi connectivity index (χ0v) is 11.1. The second-order valence-corrected chi connectivity index (χ2v) is 4.46. The number of hydrogen-bond donors (Lipinski definition) is 1. The van der Waals surface area contributed by atoms with E-state index in [2.05, 4.69) is 30.0 Å². The van der Waals surface area contributed by atoms with Gasteiger partial charge < -0.3 is 4.74 Å². The van der Waals surface area contributed by atoms with E-state index in [9.17, 15) is 0 Å². The van der Waals surface area contributed by atoms with Crippen LogP contribution in [0.15, 0.2) is 48.5 Å². The molecule has 0 aliphatic heterocycles. The summed E-state index contributed by atoms with van der Waals surface area (Å²) in [7, 11) is 0. The number of hydrogen-bond acceptors (Lipinski definition) is 2. The summed E-state index contributed by atoms with van der Waals surface area (Å²) in [6.07, 6.45) is 0. The highest BCUT2D eigenvalue weighted by Gasteiger charge is 2.02. The minimum absolute atomic E-state index is 0.570. The maximum absolute atomic E-state index is 5.83. The Bertz CT molecular complexity index is 513. The summed E-state index contributed by atoms with van der Waals surface area (Å²) in [5.41, 5.74) is 3.47. The number of benzene rings is 2. The molecule has 0 aromatic heterocycles. The third kappa shape index (κ3) is 3.49. The SMILES string of the molecule is Cc1cccc(COc2ccccc2CNCl)c1. The van der Waals surface area contributed by atoms with E-state index < -0.39 is 0 Å². The lowest BCUT2D eigenvalue weighted by Crippen LogP contribution is -2.03. The molecule has 0 heterocycles. The van der Waals surface area contributed by atoms with Crippen molar-refractivity contribution in [3.63, 3.8) is 0 Å². The molecule has 94 valence electrons. The summed E-state index contributed by atoms with van der Waals surface area (Å²) in [6, 6.07) is 16.2. The van der Waals surface area contributed by atoms with Crippen LogP contribution in [-0.4, -0.2) is 0 Å². The van der Waals surface area contributed by atoms with Crippen molar-refractivity contribution in [1.82, 2.24) is 4.84 Å². The summed E-state index contributed by atoms with van der Waals surface area (Å²) >= 11 is 5.54. The molecular weight excluding hydrogens is 246 g/mol. The molecule has 0 spiro atoms. The van der Waals surface area contributed by atoms with Gasteiger partial charge in [-0.2, -0.15) is 0 Å². The second-order valence-electron chi connectivity index (χ2n) is 4.20. The van der Waals surface area contributed by atoms with Gasteiger partial charge in [0.2, 0.25) is 0 Å². The molecule has 3 heteroatoms. The van der Waals surface area contributed by atoms with Gasteiger partial charge in [0.15, 0.2) is 0 Å². The van der Waals surface area contributed by atoms with Crippen LogP contribution in [0, 0.1) is 6.92 Å². The van der Waals surface area contributed by atoms with Crippen LogP contribution >= 0.6 is 11.8 Å². The van der Waals surface area contributed by atoms with Crippen LogP contribution in [0.1, 0.15) is 16.7 Å². The van der Waals surface area contributed by atoms with E-state index in [0.717, 1.165) is 11.3 Å². The van der Waals surface area contributed by atoms with Crippen molar-refractivity contribution in [1.29, 1.82) is 0 Å². The molecule has 2 aromatic rings. The first-order chi connectivity index (χ1) is 8.79. The van der Waals surface area contributed by atoms with E-state index in [4.69, 9.17) is 16.5 Å². The largest absolute Gasteiger partial charge is 0.489 e. The van der Waals surface area contributed by atoms with Gasteiger partial charge in [0, 0.05) is 12.1 Å². The van der Waals surface area contributed by atoms with Gasteiger partial charge in [-0.15, -0.1) is 0 Å². The minimum Gasteiger partial charge on any atom is -0.489 e. The lowest BCUT2D eigenvalue weighted by atomic mass is 10.1. The average Bonchev–Trinajstić information content (AvgIpc) is 2.38. The molecule has 0 saturated heterocycles. The first-order valence-corrected chi connectivity index (χ1v) is 6.27. The fourth-order valence-electron chi connectivity index (χ4n) is 1.83. The molecule has 2 aromatic carbocycles. The zero-order chi connectivity index (χ0) is 12.8. The average molecular weight is 262 g/mol. The Kier molecular flexibility index (Phi) is 4.62. The molecule has 0 aliphatic rings. The molecule has 2 rings (SSSR count). The minimum atomic E-state index is 0.570. The van der Waals surface area contributed by atoms with Crippen molar-refractivity contribution in [2.75, 3.05) is 0 Å². The van der Waals surface area contributed by atoms with Gasteiger partial charge >= 0.3 is 0 Å². The van der Waals surface area contributed by atoms with E-state index in [1.807, 2.05) is 30.3 Å². The number of nitrogens with one attached hydrogen (secondary N) is 1. The first-order valence-electron chi connectivity index (χ1n) is 5.89. The molecule has 0 aliphatic carbocycles. The van der Waals surface area contributed by atoms with Crippen LogP contribution in [0.25, 0.3) is 0 Å². The molecule has 0 unspecified atom stereocenters. The monoisotopic (exact) mass is 261 g/mol. The van der Waals surface area contributed by atoms with Crippen LogP contribution < -0.4 is 9.57 Å². The van der Waals surface area contributed by atoms with Gasteiger partial charge in [-0.1, -0.05) is 48.0 Å². The molecule has 0 saturated carbocycles. The highest BCUT2D eigenvalue weighted by atomic mass is 35.5. The lowest BCUT2D eigenvalue weighted by Gasteiger charge is -2.11. The number of ether oxygens (including phenoxy) is 1. The summed E-state index contributed by atoms with van der Waals surface area (Å²) in [6.45, 7) is 3.24. The lowest BCUT2D eigenvalue weighted by molar-refractivity contribution is 0.302. The standard InChI is InChI=1S/C15H16ClNO/c1-12-5-4-6-13(9-12)11-18-15-8-3-2-7-14(15)10-17-16/h2-9,17H,10-11H2,1H3. The Hall–Kier alpha value is -1.51. The number of aryl methyl sites for hydroxylation is 1. The van der Waals surface area contributed by atoms with E-state index >= 15 is 0 Å². The fraction of sp³-hybridized carbons (Fsp3) is 0.200. The van der Waals surface area contributed by atoms with Crippen LogP contribution in [0.5, 0.6) is 5.75 Å². The van der Waals surface area contributed by atoms with Crippen LogP contribution in [0.3, 0.4) is 0 Å². The van der Waals surface area contributed by atoms with Gasteiger partial charge in [-0.25, -0.2) is 4.84 Å². The van der Waals surface area contributed by atoms with E-state index in [1.54, 1.807) is 0 Å². The zero-order valence-electron chi connectivity index (χ0n) is 10.3. The molecule has 0 fully saturated rings. The van der Waals surface area contributed by atoms with Crippen molar-refractivity contribution >= 4 is 11.8 Å². The molecule has 0 amide bonds. The van der Waals surface area contributed by atoms with Crippen LogP contribution in [0.2, 0.25) is 0 Å². The van der Waals surface area contributed by atoms with Gasteiger partial charge in [0.1, 0.15) is 12.4 Å². The van der Waals surface area contributed by atoms with E-state index in [1.165, 1.54) is 11.1 Å². The van der Waals surface area contributed by atoms with Gasteiger partial charge in [0.05, 0.1) is 0 Å². The quantitative estimate of drug-likeness (QED) is 0.827. The summed E-state index contributed by atoms with van der Waals surface area (Å²) in [5, 5.41) is 0. The summed E-state index contributed by atoms with van der Waals surface area (Å²) < 4.78 is 5.83. The van der Waals surface area contributed by atoms with E-state index in [-0.39, 0.29) is 0 Å². The maximum atomic E-state index is 5.83. The molecule has 0 atom stereocenters. The van der Waals surface area contributed by atoms with Gasteiger partial charge in [0.25, 0.3) is 0 Å². The predicted octanol–water partition coefficient (Wildman–Crippen LogP) is 3.82. The van der Waals surface area contributed by atoms with Crippen molar-refractivity contribution in [2.45, 2.75) is 20.1 Å². The summed E-state index contributed by atoms with van der Waals surface area (Å²) in [4.78, 5) is 2.62. The van der Waals surface area contributed by atoms with Crippen LogP contribution in [-0.2, 0) is 13.2 Å². The van der Waals surface area contributed by atoms with Crippen molar-refractivity contribution in [3.8, 4) is 5.75 Å². The highest BCUT2D eigenvalue weighted by molar-refractivity contribution is 6.13. The number of para-hydroxylation sites is 1. The predicted molar refractivity (Wildman–Crippen MR) is 74.6 cm³/mol. The molecule has 0 radical (unpaired) electrons. The molecule has 18 heavy (non-hydrogen) atoms. The Morgan fingerprint density at radius 3 is 2.72 bits per heavy atom. The van der Waals surface area contributed by atoms with Gasteiger partial charge in [-0.05, 0) is 30.3 Å². The first kappa shape index (κ1) is 12.9. The smallest absolute Gasteiger partial charge is 0.124 e. The topological polar surface area (TPSA) is 21.3 Å². The van der Waals surface area contributed by atoms with Crippen molar-refractivity contribution in [2.24, 2.45) is 0 Å². The third-order valence-corrected chi connectivity index (χ3v) is 2.84. The molecule has 0 bridgehead atoms. The number of rotatable bonds is 5. The molecular formula is C15H16ClNO. The van der Waals surface area contributed by atoms with Crippen molar-refractivity contribution in [3.05, 3.63) is 65.2 Å². The highest BCUT2D eigenvalue weighted by Crippen LogP contribution is 2.19. The summed E-state index contributed by atoms with van der Waals surface area (Å²) in [5.74, 6) is 0.868. The number of halogens is 1. The Balaban J connectivity index is 2.06. The Labute approximate surface area is 113 Å². The second kappa shape index (κ2) is 6.43. The fourth-order valence-corrected chi connectivity index (χ4v) is 1.97. The Morgan fingerprint density at radius 1 is 1.11 bits per heavy atom. The van der Waals surface area contributed by atoms with Crippen LogP contribution in [0.4, 0.5) is 0 Å². The maximum Gasteiger partial charge on any atom is 0.124 e. The molecule has 1 N–H and O–H groups in total. The van der Waals surface area contributed by atoms with E-state index in [0.29, 0.717) is 13.2 Å².